The van der Waals surface area contributed by atoms with Crippen molar-refractivity contribution in [1.82, 2.24) is 9.80 Å². The highest BCUT2D eigenvalue weighted by molar-refractivity contribution is 7.12. The highest BCUT2D eigenvalue weighted by Crippen LogP contribution is 2.17. The molecule has 0 spiro atoms. The smallest absolute Gasteiger partial charge is 0.264 e. The molecule has 0 bridgehead atoms. The van der Waals surface area contributed by atoms with Gasteiger partial charge in [0.2, 0.25) is 5.91 Å². The molecule has 130 valence electrons. The lowest BCUT2D eigenvalue weighted by Crippen LogP contribution is -2.50. The second-order valence-corrected chi connectivity index (χ2v) is 6.96. The number of piperazine rings is 1. The predicted molar refractivity (Wildman–Crippen MR) is 97.2 cm³/mol. The van der Waals surface area contributed by atoms with Crippen LogP contribution in [-0.4, -0.2) is 47.8 Å². The summed E-state index contributed by atoms with van der Waals surface area (Å²) in [5.41, 5.74) is 0.659. The quantitative estimate of drug-likeness (QED) is 0.766. The fraction of sp³-hybridized carbons (Fsp3) is 0.222. The van der Waals surface area contributed by atoms with Crippen LogP contribution in [0.15, 0.2) is 41.8 Å². The van der Waals surface area contributed by atoms with Crippen molar-refractivity contribution in [2.45, 2.75) is 0 Å². The summed E-state index contributed by atoms with van der Waals surface area (Å²) in [7, 11) is 0. The van der Waals surface area contributed by atoms with Crippen molar-refractivity contribution in [2.75, 3.05) is 26.2 Å². The third-order valence-electron chi connectivity index (χ3n) is 3.97. The van der Waals surface area contributed by atoms with E-state index in [0.29, 0.717) is 36.6 Å². The molecule has 0 radical (unpaired) electrons. The van der Waals surface area contributed by atoms with Gasteiger partial charge in [-0.05, 0) is 35.2 Å². The second kappa shape index (κ2) is 7.80. The van der Waals surface area contributed by atoms with Crippen LogP contribution in [0.2, 0.25) is 5.02 Å². The lowest BCUT2D eigenvalue weighted by atomic mass is 10.2. The van der Waals surface area contributed by atoms with Crippen molar-refractivity contribution in [3.05, 3.63) is 63.1 Å². The maximum absolute atomic E-state index is 13.1. The molecule has 0 atom stereocenters. The summed E-state index contributed by atoms with van der Waals surface area (Å²) in [6.07, 6.45) is 3.05. The number of rotatable bonds is 3. The van der Waals surface area contributed by atoms with Gasteiger partial charge in [0, 0.05) is 32.3 Å². The van der Waals surface area contributed by atoms with Crippen LogP contribution < -0.4 is 0 Å². The third kappa shape index (κ3) is 4.27. The van der Waals surface area contributed by atoms with Gasteiger partial charge in [-0.1, -0.05) is 23.7 Å². The Labute approximate surface area is 154 Å². The number of carbonyl (C=O) groups excluding carboxylic acids is 2. The van der Waals surface area contributed by atoms with E-state index in [1.165, 1.54) is 29.5 Å². The summed E-state index contributed by atoms with van der Waals surface area (Å²) in [5.74, 6) is -0.612. The van der Waals surface area contributed by atoms with Gasteiger partial charge in [0.05, 0.1) is 9.90 Å². The Morgan fingerprint density at radius 2 is 1.84 bits per heavy atom. The molecule has 2 amide bonds. The summed E-state index contributed by atoms with van der Waals surface area (Å²) >= 11 is 7.14. The number of thiophene rings is 1. The van der Waals surface area contributed by atoms with E-state index in [9.17, 15) is 14.0 Å². The van der Waals surface area contributed by atoms with Gasteiger partial charge in [-0.3, -0.25) is 9.59 Å². The first-order valence-corrected chi connectivity index (χ1v) is 9.05. The highest BCUT2D eigenvalue weighted by atomic mass is 35.5. The molecule has 1 fully saturated rings. The molecule has 2 heterocycles. The lowest BCUT2D eigenvalue weighted by Gasteiger charge is -2.34. The van der Waals surface area contributed by atoms with Gasteiger partial charge in [-0.25, -0.2) is 4.39 Å². The van der Waals surface area contributed by atoms with E-state index in [0.717, 1.165) is 0 Å². The first kappa shape index (κ1) is 17.6. The lowest BCUT2D eigenvalue weighted by molar-refractivity contribution is -0.127. The Morgan fingerprint density at radius 1 is 1.12 bits per heavy atom. The fourth-order valence-electron chi connectivity index (χ4n) is 2.57. The normalized spacial score (nSPS) is 15.0. The van der Waals surface area contributed by atoms with E-state index < -0.39 is 5.82 Å². The molecule has 3 rings (SSSR count). The van der Waals surface area contributed by atoms with Gasteiger partial charge in [0.15, 0.2) is 0 Å². The molecular formula is C18H16ClFN2O2S. The number of amides is 2. The van der Waals surface area contributed by atoms with E-state index in [1.807, 2.05) is 11.4 Å². The van der Waals surface area contributed by atoms with Gasteiger partial charge in [0.1, 0.15) is 5.82 Å². The molecule has 1 saturated heterocycles. The molecule has 1 aromatic carbocycles. The van der Waals surface area contributed by atoms with Gasteiger partial charge in [-0.2, -0.15) is 0 Å². The summed E-state index contributed by atoms with van der Waals surface area (Å²) in [5, 5.41) is 1.90. The van der Waals surface area contributed by atoms with Crippen molar-refractivity contribution in [2.24, 2.45) is 0 Å². The molecule has 0 aliphatic carbocycles. The zero-order valence-electron chi connectivity index (χ0n) is 13.3. The summed E-state index contributed by atoms with van der Waals surface area (Å²) in [6.45, 7) is 2.01. The summed E-state index contributed by atoms with van der Waals surface area (Å²) < 4.78 is 13.1. The molecule has 1 aliphatic heterocycles. The first-order chi connectivity index (χ1) is 12.0. The van der Waals surface area contributed by atoms with Crippen LogP contribution in [0.5, 0.6) is 0 Å². The van der Waals surface area contributed by atoms with Crippen LogP contribution in [-0.2, 0) is 4.79 Å². The van der Waals surface area contributed by atoms with Crippen LogP contribution in [0.1, 0.15) is 15.2 Å². The summed E-state index contributed by atoms with van der Waals surface area (Å²) in [6, 6.07) is 7.95. The minimum atomic E-state index is -0.489. The zero-order chi connectivity index (χ0) is 17.8. The van der Waals surface area contributed by atoms with Gasteiger partial charge in [-0.15, -0.1) is 11.3 Å². The van der Waals surface area contributed by atoms with Gasteiger partial charge < -0.3 is 9.80 Å². The average molecular weight is 379 g/mol. The molecule has 25 heavy (non-hydrogen) atoms. The van der Waals surface area contributed by atoms with Crippen molar-refractivity contribution in [3.8, 4) is 0 Å². The first-order valence-electron chi connectivity index (χ1n) is 7.79. The Morgan fingerprint density at radius 3 is 2.48 bits per heavy atom. The SMILES string of the molecule is O=C(/C=C/c1ccc(F)c(Cl)c1)N1CCN(C(=O)c2cccs2)CC1. The van der Waals surface area contributed by atoms with Crippen LogP contribution in [0.25, 0.3) is 6.08 Å². The van der Waals surface area contributed by atoms with E-state index in [4.69, 9.17) is 11.6 Å². The predicted octanol–water partition coefficient (Wildman–Crippen LogP) is 3.54. The molecule has 4 nitrogen and oxygen atoms in total. The number of benzene rings is 1. The second-order valence-electron chi connectivity index (χ2n) is 5.60. The van der Waals surface area contributed by atoms with E-state index in [2.05, 4.69) is 0 Å². The highest BCUT2D eigenvalue weighted by Gasteiger charge is 2.24. The largest absolute Gasteiger partial charge is 0.336 e. The molecule has 2 aromatic rings. The van der Waals surface area contributed by atoms with Crippen molar-refractivity contribution >= 4 is 40.8 Å². The maximum atomic E-state index is 13.1. The average Bonchev–Trinajstić information content (AvgIpc) is 3.16. The molecule has 1 aliphatic rings. The minimum Gasteiger partial charge on any atom is -0.336 e. The number of nitrogens with zero attached hydrogens (tertiary/aromatic N) is 2. The van der Waals surface area contributed by atoms with E-state index in [-0.39, 0.29) is 16.8 Å². The summed E-state index contributed by atoms with van der Waals surface area (Å²) in [4.78, 5) is 28.7. The molecular weight excluding hydrogens is 363 g/mol. The fourth-order valence-corrected chi connectivity index (χ4v) is 3.45. The van der Waals surface area contributed by atoms with Crippen LogP contribution in [0, 0.1) is 5.82 Å². The molecule has 0 N–H and O–H groups in total. The molecule has 1 aromatic heterocycles. The molecule has 7 heteroatoms. The molecule has 0 unspecified atom stereocenters. The van der Waals surface area contributed by atoms with Crippen molar-refractivity contribution in [1.29, 1.82) is 0 Å². The number of hydrogen-bond donors (Lipinski definition) is 0. The van der Waals surface area contributed by atoms with Crippen molar-refractivity contribution < 1.29 is 14.0 Å². The Hall–Kier alpha value is -2.18. The Kier molecular flexibility index (Phi) is 5.50. The van der Waals surface area contributed by atoms with Crippen molar-refractivity contribution in [3.63, 3.8) is 0 Å². The van der Waals surface area contributed by atoms with Gasteiger partial charge >= 0.3 is 0 Å². The topological polar surface area (TPSA) is 40.6 Å². The van der Waals surface area contributed by atoms with Crippen LogP contribution in [0.4, 0.5) is 4.39 Å². The Bertz CT molecular complexity index is 799. The number of halogens is 2. The number of carbonyl (C=O) groups is 2. The van der Waals surface area contributed by atoms with E-state index in [1.54, 1.807) is 28.0 Å². The minimum absolute atomic E-state index is 0.0126. The van der Waals surface area contributed by atoms with Crippen LogP contribution in [0.3, 0.4) is 0 Å². The van der Waals surface area contributed by atoms with Gasteiger partial charge in [0.25, 0.3) is 5.91 Å². The third-order valence-corrected chi connectivity index (χ3v) is 5.12. The van der Waals surface area contributed by atoms with E-state index >= 15 is 0 Å². The van der Waals surface area contributed by atoms with Crippen LogP contribution >= 0.6 is 22.9 Å². The number of hydrogen-bond acceptors (Lipinski definition) is 3. The monoisotopic (exact) mass is 378 g/mol. The zero-order valence-corrected chi connectivity index (χ0v) is 14.9. The standard InChI is InChI=1S/C18H16ClFN2O2S/c19-14-12-13(3-5-15(14)20)4-6-17(23)21-7-9-22(10-8-21)18(24)16-2-1-11-25-16/h1-6,11-12H,7-10H2/b6-4+. The molecule has 0 saturated carbocycles. The Balaban J connectivity index is 1.55. The maximum Gasteiger partial charge on any atom is 0.264 e.